The summed E-state index contributed by atoms with van der Waals surface area (Å²) >= 11 is 3.34. The molecule has 2 rings (SSSR count). The van der Waals surface area contributed by atoms with E-state index in [1.807, 2.05) is 24.1 Å². The van der Waals surface area contributed by atoms with E-state index in [0.29, 0.717) is 16.9 Å². The molecule has 0 aromatic heterocycles. The first-order chi connectivity index (χ1) is 9.51. The average molecular weight is 342 g/mol. The molecule has 0 N–H and O–H groups in total. The number of rotatable bonds is 5. The van der Waals surface area contributed by atoms with E-state index in [9.17, 15) is 10.1 Å². The van der Waals surface area contributed by atoms with E-state index in [-0.39, 0.29) is 10.6 Å². The standard InChI is InChI=1S/C14H20BrN3O2/c1-16-6-5-12(9-16)10-17(2)13-4-3-11(8-15)7-14(13)18(19)20/h3-4,7,12H,5-6,8-10H2,1-2H3. The van der Waals surface area contributed by atoms with Crippen molar-refractivity contribution in [1.29, 1.82) is 0 Å². The summed E-state index contributed by atoms with van der Waals surface area (Å²) in [5.74, 6) is 0.584. The highest BCUT2D eigenvalue weighted by atomic mass is 79.9. The van der Waals surface area contributed by atoms with E-state index in [1.165, 1.54) is 0 Å². The third-order valence-corrected chi connectivity index (χ3v) is 4.47. The van der Waals surface area contributed by atoms with Crippen LogP contribution in [0.25, 0.3) is 0 Å². The van der Waals surface area contributed by atoms with E-state index >= 15 is 0 Å². The number of anilines is 1. The van der Waals surface area contributed by atoms with Crippen LogP contribution in [-0.2, 0) is 5.33 Å². The van der Waals surface area contributed by atoms with Gasteiger partial charge >= 0.3 is 0 Å². The maximum absolute atomic E-state index is 11.2. The van der Waals surface area contributed by atoms with Crippen LogP contribution in [0.4, 0.5) is 11.4 Å². The molecule has 1 fully saturated rings. The Morgan fingerprint density at radius 2 is 2.30 bits per heavy atom. The number of nitro benzene ring substituents is 1. The Kier molecular flexibility index (Phi) is 4.99. The Morgan fingerprint density at radius 3 is 2.85 bits per heavy atom. The molecule has 1 unspecified atom stereocenters. The minimum atomic E-state index is -0.293. The summed E-state index contributed by atoms with van der Waals surface area (Å²) in [6.45, 7) is 3.04. The second-order valence-electron chi connectivity index (χ2n) is 5.51. The maximum atomic E-state index is 11.2. The zero-order valence-electron chi connectivity index (χ0n) is 11.9. The lowest BCUT2D eigenvalue weighted by molar-refractivity contribution is -0.384. The SMILES string of the molecule is CN1CCC(CN(C)c2ccc(CBr)cc2[N+](=O)[O-])C1. The second kappa shape index (κ2) is 6.54. The van der Waals surface area contributed by atoms with Crippen LogP contribution in [0.5, 0.6) is 0 Å². The zero-order chi connectivity index (χ0) is 14.7. The molecule has 0 aliphatic carbocycles. The normalized spacial score (nSPS) is 19.2. The fourth-order valence-electron chi connectivity index (χ4n) is 2.78. The largest absolute Gasteiger partial charge is 0.369 e. The Bertz CT molecular complexity index is 495. The quantitative estimate of drug-likeness (QED) is 0.469. The van der Waals surface area contributed by atoms with E-state index < -0.39 is 0 Å². The zero-order valence-corrected chi connectivity index (χ0v) is 13.5. The van der Waals surface area contributed by atoms with Crippen LogP contribution in [0.15, 0.2) is 18.2 Å². The summed E-state index contributed by atoms with van der Waals surface area (Å²) in [5, 5.41) is 11.9. The first kappa shape index (κ1) is 15.3. The minimum absolute atomic E-state index is 0.191. The molecular weight excluding hydrogens is 322 g/mol. The van der Waals surface area contributed by atoms with Crippen molar-refractivity contribution in [2.45, 2.75) is 11.8 Å². The van der Waals surface area contributed by atoms with Gasteiger partial charge < -0.3 is 9.80 Å². The lowest BCUT2D eigenvalue weighted by Gasteiger charge is -2.23. The number of hydrogen-bond acceptors (Lipinski definition) is 4. The van der Waals surface area contributed by atoms with Crippen molar-refractivity contribution in [3.63, 3.8) is 0 Å². The maximum Gasteiger partial charge on any atom is 0.292 e. The van der Waals surface area contributed by atoms with Gasteiger partial charge in [0.05, 0.1) is 4.92 Å². The third kappa shape index (κ3) is 3.49. The average Bonchev–Trinajstić information content (AvgIpc) is 2.83. The van der Waals surface area contributed by atoms with Crippen molar-refractivity contribution in [2.24, 2.45) is 5.92 Å². The second-order valence-corrected chi connectivity index (χ2v) is 6.07. The van der Waals surface area contributed by atoms with Gasteiger partial charge in [-0.1, -0.05) is 22.0 Å². The summed E-state index contributed by atoms with van der Waals surface area (Å²) in [5.41, 5.74) is 1.82. The van der Waals surface area contributed by atoms with Gasteiger partial charge in [0.25, 0.3) is 5.69 Å². The molecule has 5 nitrogen and oxygen atoms in total. The molecule has 0 spiro atoms. The van der Waals surface area contributed by atoms with Gasteiger partial charge in [-0.05, 0) is 37.6 Å². The van der Waals surface area contributed by atoms with E-state index in [4.69, 9.17) is 0 Å². The molecule has 0 radical (unpaired) electrons. The number of nitrogens with zero attached hydrogens (tertiary/aromatic N) is 3. The molecule has 1 saturated heterocycles. The molecule has 20 heavy (non-hydrogen) atoms. The molecule has 0 bridgehead atoms. The van der Waals surface area contributed by atoms with Gasteiger partial charge in [0.15, 0.2) is 0 Å². The molecule has 1 aliphatic rings. The minimum Gasteiger partial charge on any atom is -0.369 e. The predicted octanol–water partition coefficient (Wildman–Crippen LogP) is 2.88. The van der Waals surface area contributed by atoms with E-state index in [0.717, 1.165) is 31.6 Å². The Labute approximate surface area is 127 Å². The fraction of sp³-hybridized carbons (Fsp3) is 0.571. The van der Waals surface area contributed by atoms with E-state index in [1.54, 1.807) is 6.07 Å². The summed E-state index contributed by atoms with van der Waals surface area (Å²) in [7, 11) is 4.06. The molecule has 6 heteroatoms. The highest BCUT2D eigenvalue weighted by molar-refractivity contribution is 9.08. The third-order valence-electron chi connectivity index (χ3n) is 3.82. The van der Waals surface area contributed by atoms with Gasteiger partial charge in [-0.3, -0.25) is 10.1 Å². The van der Waals surface area contributed by atoms with Crippen LogP contribution >= 0.6 is 15.9 Å². The summed E-state index contributed by atoms with van der Waals surface area (Å²) in [6, 6.07) is 5.45. The van der Waals surface area contributed by atoms with Crippen molar-refractivity contribution in [3.8, 4) is 0 Å². The lowest BCUT2D eigenvalue weighted by Crippen LogP contribution is -2.27. The molecule has 110 valence electrons. The van der Waals surface area contributed by atoms with Crippen molar-refractivity contribution < 1.29 is 4.92 Å². The molecule has 1 atom stereocenters. The van der Waals surface area contributed by atoms with Gasteiger partial charge in [-0.15, -0.1) is 0 Å². The van der Waals surface area contributed by atoms with E-state index in [2.05, 4.69) is 27.9 Å². The lowest BCUT2D eigenvalue weighted by atomic mass is 10.1. The first-order valence-corrected chi connectivity index (χ1v) is 7.86. The van der Waals surface area contributed by atoms with Crippen molar-refractivity contribution >= 4 is 27.3 Å². The highest BCUT2D eigenvalue weighted by Gasteiger charge is 2.24. The number of halogens is 1. The number of likely N-dealkylation sites (tertiary alicyclic amines) is 1. The number of nitro groups is 1. The van der Waals surface area contributed by atoms with Crippen LogP contribution in [0, 0.1) is 16.0 Å². The van der Waals surface area contributed by atoms with Crippen LogP contribution in [0.2, 0.25) is 0 Å². The number of hydrogen-bond donors (Lipinski definition) is 0. The van der Waals surface area contributed by atoms with Crippen molar-refractivity contribution in [3.05, 3.63) is 33.9 Å². The highest BCUT2D eigenvalue weighted by Crippen LogP contribution is 2.30. The first-order valence-electron chi connectivity index (χ1n) is 6.74. The molecule has 1 heterocycles. The van der Waals surface area contributed by atoms with Crippen LogP contribution in [0.1, 0.15) is 12.0 Å². The van der Waals surface area contributed by atoms with Crippen molar-refractivity contribution in [2.75, 3.05) is 38.6 Å². The molecule has 1 aromatic rings. The van der Waals surface area contributed by atoms with Crippen LogP contribution in [0.3, 0.4) is 0 Å². The Morgan fingerprint density at radius 1 is 1.55 bits per heavy atom. The predicted molar refractivity (Wildman–Crippen MR) is 84.6 cm³/mol. The monoisotopic (exact) mass is 341 g/mol. The van der Waals surface area contributed by atoms with Gasteiger partial charge in [0, 0.05) is 31.5 Å². The number of alkyl halides is 1. The molecule has 0 amide bonds. The van der Waals surface area contributed by atoms with Gasteiger partial charge in [0.1, 0.15) is 5.69 Å². The van der Waals surface area contributed by atoms with Crippen LogP contribution < -0.4 is 4.90 Å². The molecule has 1 aliphatic heterocycles. The topological polar surface area (TPSA) is 49.6 Å². The van der Waals surface area contributed by atoms with Gasteiger partial charge in [0.2, 0.25) is 0 Å². The number of benzene rings is 1. The molecular formula is C14H20BrN3O2. The smallest absolute Gasteiger partial charge is 0.292 e. The summed E-state index contributed by atoms with van der Waals surface area (Å²) in [6.07, 6.45) is 1.16. The van der Waals surface area contributed by atoms with Gasteiger partial charge in [-0.2, -0.15) is 0 Å². The summed E-state index contributed by atoms with van der Waals surface area (Å²) < 4.78 is 0. The molecule has 0 saturated carbocycles. The van der Waals surface area contributed by atoms with Crippen molar-refractivity contribution in [1.82, 2.24) is 4.90 Å². The molecule has 1 aromatic carbocycles. The Hall–Kier alpha value is -1.14. The summed E-state index contributed by atoms with van der Waals surface area (Å²) in [4.78, 5) is 15.3. The Balaban J connectivity index is 2.16. The van der Waals surface area contributed by atoms with Gasteiger partial charge in [-0.25, -0.2) is 0 Å². The van der Waals surface area contributed by atoms with Crippen LogP contribution in [-0.4, -0.2) is 43.6 Å². The fourth-order valence-corrected chi connectivity index (χ4v) is 3.13.